The number of rotatable bonds is 4. The monoisotopic (exact) mass is 331 g/mol. The van der Waals surface area contributed by atoms with E-state index < -0.39 is 5.54 Å². The number of likely N-dealkylation sites (tertiary alicyclic amines) is 1. The smallest absolute Gasteiger partial charge is 0.243 e. The van der Waals surface area contributed by atoms with E-state index in [9.17, 15) is 9.59 Å². The van der Waals surface area contributed by atoms with E-state index in [0.717, 1.165) is 50.8 Å². The van der Waals surface area contributed by atoms with Crippen molar-refractivity contribution in [2.24, 2.45) is 5.73 Å². The molecule has 3 rings (SSSR count). The van der Waals surface area contributed by atoms with Gasteiger partial charge in [0.05, 0.1) is 41.9 Å². The van der Waals surface area contributed by atoms with E-state index in [2.05, 4.69) is 15.3 Å². The Morgan fingerprint density at radius 3 is 2.79 bits per heavy atom. The fourth-order valence-electron chi connectivity index (χ4n) is 3.71. The molecule has 130 valence electrons. The maximum atomic E-state index is 12.9. The second-order valence-electron chi connectivity index (χ2n) is 6.86. The number of nitrogens with zero attached hydrogens (tertiary/aromatic N) is 3. The van der Waals surface area contributed by atoms with Gasteiger partial charge in [-0.25, -0.2) is 0 Å². The second-order valence-corrected chi connectivity index (χ2v) is 6.86. The lowest BCUT2D eigenvalue weighted by molar-refractivity contribution is -0.137. The summed E-state index contributed by atoms with van der Waals surface area (Å²) in [5.74, 6) is -0.0530. The van der Waals surface area contributed by atoms with Crippen molar-refractivity contribution in [2.45, 2.75) is 63.6 Å². The van der Waals surface area contributed by atoms with Crippen molar-refractivity contribution in [3.8, 4) is 0 Å². The Morgan fingerprint density at radius 2 is 2.08 bits per heavy atom. The number of aromatic nitrogens is 2. The molecular weight excluding hydrogens is 306 g/mol. The third kappa shape index (κ3) is 3.40. The van der Waals surface area contributed by atoms with Crippen molar-refractivity contribution in [1.82, 2.24) is 20.2 Å². The lowest BCUT2D eigenvalue weighted by Crippen LogP contribution is -2.53. The van der Waals surface area contributed by atoms with Gasteiger partial charge in [-0.15, -0.1) is 0 Å². The first kappa shape index (κ1) is 16.8. The van der Waals surface area contributed by atoms with Gasteiger partial charge in [0.2, 0.25) is 11.8 Å². The summed E-state index contributed by atoms with van der Waals surface area (Å²) >= 11 is 0. The van der Waals surface area contributed by atoms with Crippen LogP contribution in [0.15, 0.2) is 12.4 Å². The van der Waals surface area contributed by atoms with Gasteiger partial charge in [-0.2, -0.15) is 0 Å². The molecule has 0 spiro atoms. The normalized spacial score (nSPS) is 22.6. The van der Waals surface area contributed by atoms with Gasteiger partial charge >= 0.3 is 0 Å². The summed E-state index contributed by atoms with van der Waals surface area (Å²) in [5.41, 5.74) is 7.14. The number of hydrogen-bond acceptors (Lipinski definition) is 5. The molecule has 1 aromatic heterocycles. The first-order valence-corrected chi connectivity index (χ1v) is 8.65. The van der Waals surface area contributed by atoms with Crippen LogP contribution >= 0.6 is 0 Å². The average molecular weight is 331 g/mol. The summed E-state index contributed by atoms with van der Waals surface area (Å²) in [4.78, 5) is 34.7. The molecular formula is C17H25N5O2. The lowest BCUT2D eigenvalue weighted by atomic mass is 9.96. The Morgan fingerprint density at radius 1 is 1.33 bits per heavy atom. The topological polar surface area (TPSA) is 101 Å². The zero-order valence-corrected chi connectivity index (χ0v) is 14.1. The maximum Gasteiger partial charge on any atom is 0.243 e. The number of carbonyl (C=O) groups is 2. The minimum atomic E-state index is -0.705. The zero-order valence-electron chi connectivity index (χ0n) is 14.1. The van der Waals surface area contributed by atoms with Crippen LogP contribution in [0.4, 0.5) is 0 Å². The van der Waals surface area contributed by atoms with Crippen molar-refractivity contribution in [3.05, 3.63) is 23.8 Å². The molecule has 0 radical (unpaired) electrons. The van der Waals surface area contributed by atoms with E-state index in [1.54, 1.807) is 12.4 Å². The van der Waals surface area contributed by atoms with E-state index in [1.807, 2.05) is 4.90 Å². The van der Waals surface area contributed by atoms with Crippen LogP contribution in [-0.2, 0) is 16.1 Å². The van der Waals surface area contributed by atoms with Gasteiger partial charge in [-0.05, 0) is 25.7 Å². The van der Waals surface area contributed by atoms with Crippen molar-refractivity contribution < 1.29 is 9.59 Å². The Kier molecular flexibility index (Phi) is 4.80. The largest absolute Gasteiger partial charge is 0.351 e. The van der Waals surface area contributed by atoms with Crippen LogP contribution in [0.1, 0.15) is 62.9 Å². The maximum absolute atomic E-state index is 12.9. The molecule has 1 aliphatic carbocycles. The summed E-state index contributed by atoms with van der Waals surface area (Å²) in [6, 6.07) is -0.0664. The highest BCUT2D eigenvalue weighted by molar-refractivity contribution is 5.87. The van der Waals surface area contributed by atoms with Gasteiger partial charge in [-0.1, -0.05) is 12.8 Å². The number of carbonyl (C=O) groups excluding carboxylic acids is 2. The highest BCUT2D eigenvalue weighted by Gasteiger charge is 2.43. The number of hydrogen-bond donors (Lipinski definition) is 2. The molecule has 1 aliphatic heterocycles. The first-order chi connectivity index (χ1) is 11.5. The summed E-state index contributed by atoms with van der Waals surface area (Å²) in [6.07, 6.45) is 8.75. The fraction of sp³-hybridized carbons (Fsp3) is 0.647. The molecule has 3 N–H and O–H groups in total. The predicted molar refractivity (Wildman–Crippen MR) is 88.6 cm³/mol. The highest BCUT2D eigenvalue weighted by atomic mass is 16.2. The SMILES string of the molecule is CC(=O)NCc1cncc([C@H]2CCCN2C(=O)C2(N)CCCC2)n1. The van der Waals surface area contributed by atoms with Gasteiger partial charge in [-0.3, -0.25) is 19.6 Å². The van der Waals surface area contributed by atoms with Crippen LogP contribution in [0.2, 0.25) is 0 Å². The third-order valence-electron chi connectivity index (χ3n) is 5.00. The second kappa shape index (κ2) is 6.84. The van der Waals surface area contributed by atoms with E-state index in [-0.39, 0.29) is 17.9 Å². The summed E-state index contributed by atoms with van der Waals surface area (Å²) in [7, 11) is 0. The molecule has 1 aromatic rings. The number of nitrogens with two attached hydrogens (primary N) is 1. The minimum absolute atomic E-state index is 0.0524. The molecule has 2 heterocycles. The molecule has 24 heavy (non-hydrogen) atoms. The van der Waals surface area contributed by atoms with Gasteiger partial charge < -0.3 is 16.0 Å². The van der Waals surface area contributed by atoms with Gasteiger partial charge in [0.25, 0.3) is 0 Å². The quantitative estimate of drug-likeness (QED) is 0.858. The first-order valence-electron chi connectivity index (χ1n) is 8.65. The van der Waals surface area contributed by atoms with E-state index in [0.29, 0.717) is 12.2 Å². The summed E-state index contributed by atoms with van der Waals surface area (Å²) in [5, 5.41) is 2.72. The minimum Gasteiger partial charge on any atom is -0.351 e. The highest BCUT2D eigenvalue weighted by Crippen LogP contribution is 2.36. The van der Waals surface area contributed by atoms with Crippen molar-refractivity contribution in [1.29, 1.82) is 0 Å². The van der Waals surface area contributed by atoms with Crippen LogP contribution < -0.4 is 11.1 Å². The molecule has 0 aromatic carbocycles. The van der Waals surface area contributed by atoms with E-state index in [1.165, 1.54) is 6.92 Å². The van der Waals surface area contributed by atoms with Crippen LogP contribution in [0.25, 0.3) is 0 Å². The van der Waals surface area contributed by atoms with Crippen molar-refractivity contribution >= 4 is 11.8 Å². The molecule has 2 amide bonds. The van der Waals surface area contributed by atoms with E-state index in [4.69, 9.17) is 5.73 Å². The third-order valence-corrected chi connectivity index (χ3v) is 5.00. The molecule has 2 fully saturated rings. The Balaban J connectivity index is 1.76. The van der Waals surface area contributed by atoms with Crippen LogP contribution in [0.5, 0.6) is 0 Å². The zero-order chi connectivity index (χ0) is 17.2. The molecule has 1 saturated heterocycles. The standard InChI is InChI=1S/C17H25N5O2/c1-12(23)20-10-13-9-19-11-14(21-13)15-5-4-8-22(15)16(24)17(18)6-2-3-7-17/h9,11,15H,2-8,10,18H2,1H3,(H,20,23)/t15-/m1/s1. The van der Waals surface area contributed by atoms with Crippen LogP contribution in [0.3, 0.4) is 0 Å². The predicted octanol–water partition coefficient (Wildman–Crippen LogP) is 1.05. The molecule has 2 aliphatic rings. The Bertz CT molecular complexity index is 627. The molecule has 0 bridgehead atoms. The number of amides is 2. The molecule has 0 unspecified atom stereocenters. The molecule has 1 atom stereocenters. The summed E-state index contributed by atoms with van der Waals surface area (Å²) < 4.78 is 0. The Hall–Kier alpha value is -2.02. The number of nitrogens with one attached hydrogen (secondary N) is 1. The average Bonchev–Trinajstić information content (AvgIpc) is 3.22. The van der Waals surface area contributed by atoms with E-state index >= 15 is 0 Å². The summed E-state index contributed by atoms with van der Waals surface area (Å²) in [6.45, 7) is 2.54. The molecule has 7 nitrogen and oxygen atoms in total. The van der Waals surface area contributed by atoms with Crippen molar-refractivity contribution in [3.63, 3.8) is 0 Å². The lowest BCUT2D eigenvalue weighted by Gasteiger charge is -2.32. The van der Waals surface area contributed by atoms with Gasteiger partial charge in [0.15, 0.2) is 0 Å². The van der Waals surface area contributed by atoms with Gasteiger partial charge in [0.1, 0.15) is 0 Å². The van der Waals surface area contributed by atoms with Gasteiger partial charge in [0, 0.05) is 13.5 Å². The Labute approximate surface area is 142 Å². The molecule has 1 saturated carbocycles. The van der Waals surface area contributed by atoms with Crippen LogP contribution in [0, 0.1) is 0 Å². The molecule has 7 heteroatoms. The van der Waals surface area contributed by atoms with Crippen LogP contribution in [-0.4, -0.2) is 38.8 Å². The van der Waals surface area contributed by atoms with Crippen molar-refractivity contribution in [2.75, 3.05) is 6.54 Å². The fourth-order valence-corrected chi connectivity index (χ4v) is 3.71.